The number of ether oxygens (including phenoxy) is 1. The second kappa shape index (κ2) is 5.31. The van der Waals surface area contributed by atoms with Gasteiger partial charge in [-0.15, -0.1) is 0 Å². The zero-order valence-corrected chi connectivity index (χ0v) is 12.5. The van der Waals surface area contributed by atoms with E-state index >= 15 is 0 Å². The minimum Gasteiger partial charge on any atom is -0.469 e. The lowest BCUT2D eigenvalue weighted by Crippen LogP contribution is -2.40. The Morgan fingerprint density at radius 1 is 1.43 bits per heavy atom. The van der Waals surface area contributed by atoms with E-state index in [1.807, 2.05) is 13.8 Å². The fourth-order valence-corrected chi connectivity index (χ4v) is 2.92. The van der Waals surface area contributed by atoms with Crippen LogP contribution in [0.1, 0.15) is 24.1 Å². The molecule has 1 aliphatic heterocycles. The van der Waals surface area contributed by atoms with Crippen molar-refractivity contribution in [1.29, 1.82) is 0 Å². The van der Waals surface area contributed by atoms with Crippen molar-refractivity contribution >= 4 is 17.6 Å². The molecule has 1 fully saturated rings. The van der Waals surface area contributed by atoms with Crippen LogP contribution in [-0.2, 0) is 9.53 Å². The van der Waals surface area contributed by atoms with E-state index in [0.29, 0.717) is 12.3 Å². The summed E-state index contributed by atoms with van der Waals surface area (Å²) in [6, 6.07) is 0. The highest BCUT2D eigenvalue weighted by molar-refractivity contribution is 5.73. The maximum absolute atomic E-state index is 11.8. The van der Waals surface area contributed by atoms with Gasteiger partial charge in [-0.3, -0.25) is 4.79 Å². The Balaban J connectivity index is 2.01. The number of aromatic nitrogens is 4. The van der Waals surface area contributed by atoms with Gasteiger partial charge in [0.1, 0.15) is 12.1 Å². The van der Waals surface area contributed by atoms with E-state index in [1.54, 1.807) is 4.52 Å². The highest BCUT2D eigenvalue weighted by Gasteiger charge is 2.29. The number of esters is 1. The molecule has 0 aromatic carbocycles. The van der Waals surface area contributed by atoms with Crippen molar-refractivity contribution in [2.24, 2.45) is 5.92 Å². The van der Waals surface area contributed by atoms with Crippen molar-refractivity contribution in [3.63, 3.8) is 0 Å². The lowest BCUT2D eigenvalue weighted by atomic mass is 9.98. The number of rotatable bonds is 2. The van der Waals surface area contributed by atoms with Crippen molar-refractivity contribution in [3.8, 4) is 0 Å². The third-order valence-electron chi connectivity index (χ3n) is 4.13. The van der Waals surface area contributed by atoms with E-state index in [-0.39, 0.29) is 11.9 Å². The molecule has 3 rings (SSSR count). The van der Waals surface area contributed by atoms with Gasteiger partial charge in [0.05, 0.1) is 13.0 Å². The summed E-state index contributed by atoms with van der Waals surface area (Å²) < 4.78 is 6.64. The zero-order valence-electron chi connectivity index (χ0n) is 12.5. The van der Waals surface area contributed by atoms with Gasteiger partial charge >= 0.3 is 5.97 Å². The van der Waals surface area contributed by atoms with E-state index in [1.165, 1.54) is 13.4 Å². The first-order valence-electron chi connectivity index (χ1n) is 7.11. The van der Waals surface area contributed by atoms with E-state index in [0.717, 1.165) is 36.5 Å². The van der Waals surface area contributed by atoms with Gasteiger partial charge in [0.2, 0.25) is 0 Å². The van der Waals surface area contributed by atoms with Gasteiger partial charge in [0.15, 0.2) is 0 Å². The molecular weight excluding hydrogens is 270 g/mol. The summed E-state index contributed by atoms with van der Waals surface area (Å²) in [5.41, 5.74) is 2.00. The van der Waals surface area contributed by atoms with Crippen LogP contribution < -0.4 is 4.90 Å². The fraction of sp³-hybridized carbons (Fsp3) is 0.571. The number of anilines is 1. The number of hydrogen-bond donors (Lipinski definition) is 0. The van der Waals surface area contributed by atoms with E-state index < -0.39 is 0 Å². The summed E-state index contributed by atoms with van der Waals surface area (Å²) >= 11 is 0. The minimum atomic E-state index is -0.141. The molecule has 0 amide bonds. The number of carbonyl (C=O) groups is 1. The van der Waals surface area contributed by atoms with Crippen LogP contribution in [-0.4, -0.2) is 45.8 Å². The molecular formula is C14H19N5O2. The molecule has 7 nitrogen and oxygen atoms in total. The van der Waals surface area contributed by atoms with E-state index in [4.69, 9.17) is 4.74 Å². The second-order valence-electron chi connectivity index (χ2n) is 5.43. The fourth-order valence-electron chi connectivity index (χ4n) is 2.92. The summed E-state index contributed by atoms with van der Waals surface area (Å²) in [6.45, 7) is 5.54. The van der Waals surface area contributed by atoms with Gasteiger partial charge in [-0.1, -0.05) is 0 Å². The van der Waals surface area contributed by atoms with Crippen LogP contribution >= 0.6 is 0 Å². The molecule has 3 heterocycles. The maximum atomic E-state index is 11.8. The van der Waals surface area contributed by atoms with Gasteiger partial charge in [-0.25, -0.2) is 4.98 Å². The molecule has 0 unspecified atom stereocenters. The van der Waals surface area contributed by atoms with Gasteiger partial charge in [-0.2, -0.15) is 14.6 Å². The van der Waals surface area contributed by atoms with E-state index in [2.05, 4.69) is 20.0 Å². The van der Waals surface area contributed by atoms with Crippen LogP contribution in [0.2, 0.25) is 0 Å². The number of aryl methyl sites for hydroxylation is 1. The smallest absolute Gasteiger partial charge is 0.310 e. The summed E-state index contributed by atoms with van der Waals surface area (Å²) in [6.07, 6.45) is 3.33. The molecule has 1 saturated heterocycles. The summed E-state index contributed by atoms with van der Waals surface area (Å²) in [5.74, 6) is 1.34. The number of methoxy groups -OCH3 is 1. The summed E-state index contributed by atoms with van der Waals surface area (Å²) in [4.78, 5) is 22.6. The Hall–Kier alpha value is -2.18. The highest BCUT2D eigenvalue weighted by Crippen LogP contribution is 2.27. The molecule has 2 aromatic rings. The standard InChI is InChI=1S/C14H19N5O2/c1-9-10(2)17-14-15-8-16-19(14)12(9)18-6-4-5-11(7-18)13(20)21-3/h8,11H,4-7H2,1-3H3/t11-/m0/s1. The molecule has 21 heavy (non-hydrogen) atoms. The third-order valence-corrected chi connectivity index (χ3v) is 4.13. The Morgan fingerprint density at radius 3 is 3.00 bits per heavy atom. The van der Waals surface area contributed by atoms with Crippen LogP contribution in [0.15, 0.2) is 6.33 Å². The van der Waals surface area contributed by atoms with Crippen LogP contribution in [0.4, 0.5) is 5.82 Å². The van der Waals surface area contributed by atoms with Crippen LogP contribution in [0.25, 0.3) is 5.78 Å². The Labute approximate surface area is 122 Å². The quantitative estimate of drug-likeness (QED) is 0.772. The Kier molecular flexibility index (Phi) is 3.48. The maximum Gasteiger partial charge on any atom is 0.310 e. The van der Waals surface area contributed by atoms with Crippen LogP contribution in [0.3, 0.4) is 0 Å². The van der Waals surface area contributed by atoms with Crippen molar-refractivity contribution in [2.75, 3.05) is 25.1 Å². The lowest BCUT2D eigenvalue weighted by molar-refractivity contribution is -0.145. The first-order chi connectivity index (χ1) is 10.1. The molecule has 1 atom stereocenters. The molecule has 112 valence electrons. The Morgan fingerprint density at radius 2 is 2.24 bits per heavy atom. The molecule has 2 aromatic heterocycles. The van der Waals surface area contributed by atoms with Gasteiger partial charge in [-0.05, 0) is 26.7 Å². The molecule has 0 bridgehead atoms. The average molecular weight is 289 g/mol. The topological polar surface area (TPSA) is 72.6 Å². The first-order valence-corrected chi connectivity index (χ1v) is 7.11. The van der Waals surface area contributed by atoms with E-state index in [9.17, 15) is 4.79 Å². The summed E-state index contributed by atoms with van der Waals surface area (Å²) in [7, 11) is 1.44. The highest BCUT2D eigenvalue weighted by atomic mass is 16.5. The normalized spacial score (nSPS) is 19.0. The molecule has 0 aliphatic carbocycles. The van der Waals surface area contributed by atoms with Crippen molar-refractivity contribution in [2.45, 2.75) is 26.7 Å². The predicted molar refractivity (Wildman–Crippen MR) is 77.2 cm³/mol. The van der Waals surface area contributed by atoms with Crippen molar-refractivity contribution in [3.05, 3.63) is 17.6 Å². The van der Waals surface area contributed by atoms with Gasteiger partial charge < -0.3 is 9.64 Å². The largest absolute Gasteiger partial charge is 0.469 e. The number of nitrogens with zero attached hydrogens (tertiary/aromatic N) is 5. The van der Waals surface area contributed by atoms with Crippen molar-refractivity contribution < 1.29 is 9.53 Å². The van der Waals surface area contributed by atoms with Crippen LogP contribution in [0.5, 0.6) is 0 Å². The number of fused-ring (bicyclic) bond motifs is 1. The molecule has 0 radical (unpaired) electrons. The van der Waals surface area contributed by atoms with Crippen LogP contribution in [0, 0.1) is 19.8 Å². The number of piperidine rings is 1. The molecule has 0 saturated carbocycles. The molecule has 0 spiro atoms. The molecule has 0 N–H and O–H groups in total. The third kappa shape index (κ3) is 2.32. The van der Waals surface area contributed by atoms with Crippen molar-refractivity contribution in [1.82, 2.24) is 19.6 Å². The minimum absolute atomic E-state index is 0.0878. The Bertz CT molecular complexity index is 681. The summed E-state index contributed by atoms with van der Waals surface area (Å²) in [5, 5.41) is 4.27. The van der Waals surface area contributed by atoms with Gasteiger partial charge in [0.25, 0.3) is 5.78 Å². The molecule has 1 aliphatic rings. The average Bonchev–Trinajstić information content (AvgIpc) is 2.95. The molecule has 7 heteroatoms. The number of hydrogen-bond acceptors (Lipinski definition) is 6. The monoisotopic (exact) mass is 289 g/mol. The van der Waals surface area contributed by atoms with Gasteiger partial charge in [0, 0.05) is 24.3 Å². The SMILES string of the molecule is COC(=O)[C@H]1CCCN(c2c(C)c(C)nc3ncnn23)C1. The first kappa shape index (κ1) is 13.8. The lowest BCUT2D eigenvalue weighted by Gasteiger charge is -2.34. The second-order valence-corrected chi connectivity index (χ2v) is 5.43. The zero-order chi connectivity index (χ0) is 15.0. The predicted octanol–water partition coefficient (Wildman–Crippen LogP) is 1.13. The number of carbonyl (C=O) groups excluding carboxylic acids is 1.